The molecule has 2 aliphatic rings. The fraction of sp³-hybridized carbons (Fsp3) is 0.867. The molecule has 2 rings (SSSR count). The summed E-state index contributed by atoms with van der Waals surface area (Å²) in [4.78, 5) is 23.6. The van der Waals surface area contributed by atoms with Crippen molar-refractivity contribution in [1.29, 1.82) is 0 Å². The Bertz CT molecular complexity index is 355. The highest BCUT2D eigenvalue weighted by atomic mass is 35.5. The van der Waals surface area contributed by atoms with Gasteiger partial charge in [0.25, 0.3) is 0 Å². The summed E-state index contributed by atoms with van der Waals surface area (Å²) in [5, 5.41) is 6.29. The van der Waals surface area contributed by atoms with E-state index in [-0.39, 0.29) is 42.6 Å². The predicted octanol–water partition coefficient (Wildman–Crippen LogP) is 1.20. The average molecular weight is 318 g/mol. The standard InChI is InChI=1S/C15H27N3O2.ClH/c1-10(12-8-17-9-12)15(20)18-13(7-14(16)19)11-5-3-2-4-6-11;/h10-13,17H,2-9H2,1H3,(H2,16,19)(H,18,20);1H. The van der Waals surface area contributed by atoms with Crippen LogP contribution in [0.1, 0.15) is 45.4 Å². The van der Waals surface area contributed by atoms with E-state index in [4.69, 9.17) is 5.73 Å². The Kier molecular flexibility index (Phi) is 7.46. The molecule has 1 heterocycles. The van der Waals surface area contributed by atoms with Gasteiger partial charge in [-0.2, -0.15) is 0 Å². The Hall–Kier alpha value is -0.810. The van der Waals surface area contributed by atoms with Crippen molar-refractivity contribution in [1.82, 2.24) is 10.6 Å². The highest BCUT2D eigenvalue weighted by Gasteiger charge is 2.32. The van der Waals surface area contributed by atoms with Gasteiger partial charge >= 0.3 is 0 Å². The molecule has 5 nitrogen and oxygen atoms in total. The van der Waals surface area contributed by atoms with Crippen LogP contribution in [0.15, 0.2) is 0 Å². The van der Waals surface area contributed by atoms with Gasteiger partial charge in [0.15, 0.2) is 0 Å². The topological polar surface area (TPSA) is 84.2 Å². The number of halogens is 1. The minimum Gasteiger partial charge on any atom is -0.370 e. The summed E-state index contributed by atoms with van der Waals surface area (Å²) in [5.74, 6) is 0.602. The van der Waals surface area contributed by atoms with Crippen molar-refractivity contribution in [2.24, 2.45) is 23.5 Å². The quantitative estimate of drug-likeness (QED) is 0.688. The van der Waals surface area contributed by atoms with E-state index in [0.717, 1.165) is 25.9 Å². The zero-order valence-electron chi connectivity index (χ0n) is 12.8. The Labute approximate surface area is 133 Å². The van der Waals surface area contributed by atoms with Crippen LogP contribution in [0.3, 0.4) is 0 Å². The van der Waals surface area contributed by atoms with Gasteiger partial charge in [0, 0.05) is 18.4 Å². The molecule has 2 amide bonds. The number of carbonyl (C=O) groups is 2. The van der Waals surface area contributed by atoms with Crippen molar-refractivity contribution in [2.45, 2.75) is 51.5 Å². The van der Waals surface area contributed by atoms with Gasteiger partial charge in [0.1, 0.15) is 0 Å². The molecule has 2 unspecified atom stereocenters. The molecule has 0 aromatic rings. The van der Waals surface area contributed by atoms with Crippen molar-refractivity contribution in [3.8, 4) is 0 Å². The summed E-state index contributed by atoms with van der Waals surface area (Å²) in [6.07, 6.45) is 6.11. The minimum absolute atomic E-state index is 0. The predicted molar refractivity (Wildman–Crippen MR) is 85.1 cm³/mol. The van der Waals surface area contributed by atoms with E-state index in [1.165, 1.54) is 19.3 Å². The summed E-state index contributed by atoms with van der Waals surface area (Å²) in [5.41, 5.74) is 5.35. The Balaban J connectivity index is 0.00000220. The number of nitrogens with two attached hydrogens (primary N) is 1. The molecule has 0 radical (unpaired) electrons. The lowest BCUT2D eigenvalue weighted by Crippen LogP contribution is -2.52. The molecule has 0 aromatic heterocycles. The van der Waals surface area contributed by atoms with Crippen molar-refractivity contribution in [2.75, 3.05) is 13.1 Å². The molecule has 21 heavy (non-hydrogen) atoms. The third-order valence-electron chi connectivity index (χ3n) is 4.90. The highest BCUT2D eigenvalue weighted by Crippen LogP contribution is 2.28. The van der Waals surface area contributed by atoms with E-state index >= 15 is 0 Å². The fourth-order valence-corrected chi connectivity index (χ4v) is 3.28. The lowest BCUT2D eigenvalue weighted by atomic mass is 9.81. The third kappa shape index (κ3) is 5.15. The fourth-order valence-electron chi connectivity index (χ4n) is 3.28. The van der Waals surface area contributed by atoms with Gasteiger partial charge in [-0.3, -0.25) is 9.59 Å². The van der Waals surface area contributed by atoms with E-state index in [2.05, 4.69) is 10.6 Å². The zero-order chi connectivity index (χ0) is 14.5. The summed E-state index contributed by atoms with van der Waals surface area (Å²) in [6, 6.07) is -0.0733. The zero-order valence-corrected chi connectivity index (χ0v) is 13.6. The number of nitrogens with one attached hydrogen (secondary N) is 2. The van der Waals surface area contributed by atoms with E-state index in [9.17, 15) is 9.59 Å². The van der Waals surface area contributed by atoms with Gasteiger partial charge in [-0.1, -0.05) is 26.2 Å². The maximum Gasteiger partial charge on any atom is 0.223 e. The summed E-state index contributed by atoms with van der Waals surface area (Å²) >= 11 is 0. The molecule has 1 saturated carbocycles. The van der Waals surface area contributed by atoms with Crippen molar-refractivity contribution < 1.29 is 9.59 Å². The molecule has 1 aliphatic heterocycles. The number of carbonyl (C=O) groups excluding carboxylic acids is 2. The van der Waals surface area contributed by atoms with Crippen LogP contribution in [-0.4, -0.2) is 30.9 Å². The van der Waals surface area contributed by atoms with E-state index < -0.39 is 0 Å². The SMILES string of the molecule is CC(C(=O)NC(CC(N)=O)C1CCCCC1)C1CNC1.Cl. The van der Waals surface area contributed by atoms with Gasteiger partial charge in [0.2, 0.25) is 11.8 Å². The lowest BCUT2D eigenvalue weighted by Gasteiger charge is -2.35. The summed E-state index contributed by atoms with van der Waals surface area (Å²) in [6.45, 7) is 3.81. The number of amides is 2. The van der Waals surface area contributed by atoms with Crippen LogP contribution in [0.4, 0.5) is 0 Å². The molecular weight excluding hydrogens is 290 g/mol. The van der Waals surface area contributed by atoms with E-state index in [0.29, 0.717) is 11.8 Å². The van der Waals surface area contributed by atoms with Crippen LogP contribution in [0, 0.1) is 17.8 Å². The summed E-state index contributed by atoms with van der Waals surface area (Å²) < 4.78 is 0. The molecule has 122 valence electrons. The molecule has 6 heteroatoms. The molecule has 0 aromatic carbocycles. The normalized spacial score (nSPS) is 22.5. The van der Waals surface area contributed by atoms with E-state index in [1.54, 1.807) is 0 Å². The van der Waals surface area contributed by atoms with Crippen molar-refractivity contribution in [3.05, 3.63) is 0 Å². The van der Waals surface area contributed by atoms with Crippen LogP contribution in [-0.2, 0) is 9.59 Å². The second-order valence-electron chi connectivity index (χ2n) is 6.39. The van der Waals surface area contributed by atoms with Gasteiger partial charge in [-0.15, -0.1) is 12.4 Å². The Morgan fingerprint density at radius 2 is 1.81 bits per heavy atom. The molecule has 1 saturated heterocycles. The van der Waals surface area contributed by atoms with Crippen molar-refractivity contribution >= 4 is 24.2 Å². The average Bonchev–Trinajstić information content (AvgIpc) is 2.36. The molecule has 2 fully saturated rings. The molecular formula is C15H28ClN3O2. The smallest absolute Gasteiger partial charge is 0.223 e. The second kappa shape index (κ2) is 8.59. The van der Waals surface area contributed by atoms with Gasteiger partial charge < -0.3 is 16.4 Å². The number of rotatable bonds is 6. The molecule has 4 N–H and O–H groups in total. The number of primary amides is 1. The van der Waals surface area contributed by atoms with Crippen LogP contribution in [0.5, 0.6) is 0 Å². The monoisotopic (exact) mass is 317 g/mol. The van der Waals surface area contributed by atoms with Gasteiger partial charge in [-0.25, -0.2) is 0 Å². The minimum atomic E-state index is -0.321. The first-order valence-electron chi connectivity index (χ1n) is 7.87. The van der Waals surface area contributed by atoms with Crippen LogP contribution < -0.4 is 16.4 Å². The maximum absolute atomic E-state index is 12.3. The first-order chi connectivity index (χ1) is 9.58. The Morgan fingerprint density at radius 3 is 2.29 bits per heavy atom. The van der Waals surface area contributed by atoms with Crippen LogP contribution >= 0.6 is 12.4 Å². The third-order valence-corrected chi connectivity index (χ3v) is 4.90. The molecule has 0 bridgehead atoms. The first kappa shape index (κ1) is 18.2. The maximum atomic E-state index is 12.3. The van der Waals surface area contributed by atoms with Crippen LogP contribution in [0.25, 0.3) is 0 Å². The molecule has 1 aliphatic carbocycles. The van der Waals surface area contributed by atoms with Crippen LogP contribution in [0.2, 0.25) is 0 Å². The highest BCUT2D eigenvalue weighted by molar-refractivity contribution is 5.85. The summed E-state index contributed by atoms with van der Waals surface area (Å²) in [7, 11) is 0. The molecule has 2 atom stereocenters. The van der Waals surface area contributed by atoms with Gasteiger partial charge in [0.05, 0.1) is 0 Å². The Morgan fingerprint density at radius 1 is 1.19 bits per heavy atom. The lowest BCUT2D eigenvalue weighted by molar-refractivity contribution is -0.128. The van der Waals surface area contributed by atoms with E-state index in [1.807, 2.05) is 6.92 Å². The van der Waals surface area contributed by atoms with Gasteiger partial charge in [-0.05, 0) is 37.8 Å². The largest absolute Gasteiger partial charge is 0.370 e. The molecule has 0 spiro atoms. The number of hydrogen-bond donors (Lipinski definition) is 3. The first-order valence-corrected chi connectivity index (χ1v) is 7.87. The number of hydrogen-bond acceptors (Lipinski definition) is 3. The van der Waals surface area contributed by atoms with Crippen molar-refractivity contribution in [3.63, 3.8) is 0 Å². The second-order valence-corrected chi connectivity index (χ2v) is 6.39.